The number of rotatable bonds is 3. The van der Waals surface area contributed by atoms with Crippen LogP contribution in [0.15, 0.2) is 28.0 Å². The summed E-state index contributed by atoms with van der Waals surface area (Å²) in [5.74, 6) is 0. The monoisotopic (exact) mass is 272 g/mol. The number of hydrogen-bond donors (Lipinski definition) is 1. The molecule has 0 fully saturated rings. The summed E-state index contributed by atoms with van der Waals surface area (Å²) in [5, 5.41) is 0. The van der Waals surface area contributed by atoms with Crippen LogP contribution in [0.2, 0.25) is 0 Å². The van der Waals surface area contributed by atoms with Gasteiger partial charge in [-0.3, -0.25) is 0 Å². The van der Waals surface area contributed by atoms with Crippen LogP contribution in [0.5, 0.6) is 0 Å². The van der Waals surface area contributed by atoms with E-state index >= 15 is 0 Å². The molecule has 1 aliphatic heterocycles. The maximum absolute atomic E-state index is 12.3. The molecule has 4 nitrogen and oxygen atoms in total. The zero-order chi connectivity index (χ0) is 12.5. The molecule has 1 aliphatic rings. The summed E-state index contributed by atoms with van der Waals surface area (Å²) in [7, 11) is -3.32. The Morgan fingerprint density at radius 1 is 1.47 bits per heavy atom. The third-order valence-corrected chi connectivity index (χ3v) is 6.27. The molecule has 0 bridgehead atoms. The molecule has 0 aliphatic carbocycles. The van der Waals surface area contributed by atoms with E-state index in [9.17, 15) is 8.42 Å². The van der Waals surface area contributed by atoms with E-state index < -0.39 is 10.0 Å². The van der Waals surface area contributed by atoms with Gasteiger partial charge in [-0.05, 0) is 25.5 Å². The fraction of sp³-hybridized carbons (Fsp3) is 0.455. The van der Waals surface area contributed by atoms with Crippen LogP contribution in [-0.4, -0.2) is 25.8 Å². The summed E-state index contributed by atoms with van der Waals surface area (Å²) in [6.07, 6.45) is 2.78. The van der Waals surface area contributed by atoms with Gasteiger partial charge in [0.05, 0.1) is 0 Å². The lowest BCUT2D eigenvalue weighted by Gasteiger charge is -2.23. The van der Waals surface area contributed by atoms with Gasteiger partial charge < -0.3 is 5.73 Å². The molecule has 2 N–H and O–H groups in total. The van der Waals surface area contributed by atoms with Crippen LogP contribution in [0.25, 0.3) is 0 Å². The van der Waals surface area contributed by atoms with E-state index in [1.54, 1.807) is 12.1 Å². The minimum atomic E-state index is -3.32. The molecule has 0 atom stereocenters. The van der Waals surface area contributed by atoms with E-state index in [2.05, 4.69) is 0 Å². The fourth-order valence-corrected chi connectivity index (χ4v) is 4.47. The van der Waals surface area contributed by atoms with Gasteiger partial charge in [0.2, 0.25) is 0 Å². The Morgan fingerprint density at radius 2 is 2.24 bits per heavy atom. The Morgan fingerprint density at radius 3 is 2.76 bits per heavy atom. The van der Waals surface area contributed by atoms with Gasteiger partial charge in [-0.25, -0.2) is 8.42 Å². The van der Waals surface area contributed by atoms with Crippen molar-refractivity contribution in [2.45, 2.75) is 24.1 Å². The zero-order valence-corrected chi connectivity index (χ0v) is 11.4. The maximum atomic E-state index is 12.3. The molecular formula is C11H16N2O2S2. The van der Waals surface area contributed by atoms with Gasteiger partial charge in [0.25, 0.3) is 10.0 Å². The maximum Gasteiger partial charge on any atom is 0.252 e. The van der Waals surface area contributed by atoms with Gasteiger partial charge in [-0.2, -0.15) is 4.31 Å². The van der Waals surface area contributed by atoms with Crippen LogP contribution in [0, 0.1) is 0 Å². The highest BCUT2D eigenvalue weighted by atomic mass is 32.2. The summed E-state index contributed by atoms with van der Waals surface area (Å²) in [5.41, 5.74) is 6.75. The van der Waals surface area contributed by atoms with E-state index in [-0.39, 0.29) is 0 Å². The molecule has 2 heterocycles. The number of hydrogen-bond acceptors (Lipinski definition) is 4. The molecule has 0 aromatic carbocycles. The summed E-state index contributed by atoms with van der Waals surface area (Å²) in [4.78, 5) is 0.896. The van der Waals surface area contributed by atoms with Crippen LogP contribution in [0.1, 0.15) is 18.2 Å². The number of nitrogens with two attached hydrogens (primary N) is 1. The van der Waals surface area contributed by atoms with Crippen LogP contribution >= 0.6 is 11.3 Å². The average molecular weight is 272 g/mol. The molecule has 0 saturated carbocycles. The van der Waals surface area contributed by atoms with E-state index in [1.807, 2.05) is 13.0 Å². The highest BCUT2D eigenvalue weighted by Crippen LogP contribution is 2.26. The lowest BCUT2D eigenvalue weighted by atomic mass is 10.1. The summed E-state index contributed by atoms with van der Waals surface area (Å²) in [6, 6.07) is 3.43. The van der Waals surface area contributed by atoms with E-state index in [0.717, 1.165) is 11.3 Å². The van der Waals surface area contributed by atoms with Crippen LogP contribution in [-0.2, 0) is 16.6 Å². The molecule has 0 amide bonds. The smallest absolute Gasteiger partial charge is 0.252 e. The quantitative estimate of drug-likeness (QED) is 0.849. The first-order valence-corrected chi connectivity index (χ1v) is 7.74. The molecule has 2 rings (SSSR count). The lowest BCUT2D eigenvalue weighted by Crippen LogP contribution is -2.34. The molecule has 0 saturated heterocycles. The van der Waals surface area contributed by atoms with Crippen LogP contribution in [0.4, 0.5) is 0 Å². The summed E-state index contributed by atoms with van der Waals surface area (Å²) < 4.78 is 26.5. The van der Waals surface area contributed by atoms with E-state index in [0.29, 0.717) is 23.8 Å². The van der Waals surface area contributed by atoms with Gasteiger partial charge in [-0.15, -0.1) is 11.3 Å². The summed E-state index contributed by atoms with van der Waals surface area (Å²) >= 11 is 1.26. The fourth-order valence-electron chi connectivity index (χ4n) is 1.70. The standard InChI is InChI=1S/C11H16N2O2S2/c1-9-4-6-13(7-5-9)17(14,15)11-3-2-10(8-12)16-11/h2-4H,5-8,12H2,1H3. The Bertz CT molecular complexity index is 531. The second-order valence-corrected chi connectivity index (χ2v) is 7.42. The molecule has 1 aromatic rings. The highest BCUT2D eigenvalue weighted by molar-refractivity contribution is 7.91. The van der Waals surface area contributed by atoms with Gasteiger partial charge >= 0.3 is 0 Å². The van der Waals surface area contributed by atoms with Crippen LogP contribution in [0.3, 0.4) is 0 Å². The molecule has 6 heteroatoms. The van der Waals surface area contributed by atoms with Gasteiger partial charge in [-0.1, -0.05) is 11.6 Å². The van der Waals surface area contributed by atoms with Gasteiger partial charge in [0.15, 0.2) is 0 Å². The first kappa shape index (κ1) is 12.8. The summed E-state index contributed by atoms with van der Waals surface area (Å²) in [6.45, 7) is 3.46. The van der Waals surface area contributed by atoms with Crippen molar-refractivity contribution < 1.29 is 8.42 Å². The van der Waals surface area contributed by atoms with Gasteiger partial charge in [0.1, 0.15) is 4.21 Å². The minimum absolute atomic E-state index is 0.388. The molecule has 1 aromatic heterocycles. The van der Waals surface area contributed by atoms with Gasteiger partial charge in [0, 0.05) is 24.5 Å². The normalized spacial score (nSPS) is 18.1. The molecular weight excluding hydrogens is 256 g/mol. The van der Waals surface area contributed by atoms with Crippen molar-refractivity contribution in [2.24, 2.45) is 5.73 Å². The zero-order valence-electron chi connectivity index (χ0n) is 9.72. The lowest BCUT2D eigenvalue weighted by molar-refractivity contribution is 0.433. The first-order chi connectivity index (χ1) is 8.04. The van der Waals surface area contributed by atoms with Crippen molar-refractivity contribution in [1.82, 2.24) is 4.31 Å². The second-order valence-electron chi connectivity index (χ2n) is 4.09. The highest BCUT2D eigenvalue weighted by Gasteiger charge is 2.26. The van der Waals surface area contributed by atoms with Crippen molar-refractivity contribution >= 4 is 21.4 Å². The number of thiophene rings is 1. The number of sulfonamides is 1. The molecule has 0 unspecified atom stereocenters. The minimum Gasteiger partial charge on any atom is -0.326 e. The Balaban J connectivity index is 2.24. The topological polar surface area (TPSA) is 63.4 Å². The molecule has 0 spiro atoms. The molecule has 0 radical (unpaired) electrons. The Kier molecular flexibility index (Phi) is 3.67. The largest absolute Gasteiger partial charge is 0.326 e. The Labute approximate surface area is 106 Å². The van der Waals surface area contributed by atoms with Crippen LogP contribution < -0.4 is 5.73 Å². The van der Waals surface area contributed by atoms with Crippen molar-refractivity contribution in [3.63, 3.8) is 0 Å². The second kappa shape index (κ2) is 4.89. The predicted octanol–water partition coefficient (Wildman–Crippen LogP) is 1.55. The molecule has 94 valence electrons. The first-order valence-electron chi connectivity index (χ1n) is 5.48. The van der Waals surface area contributed by atoms with Crippen molar-refractivity contribution in [3.8, 4) is 0 Å². The van der Waals surface area contributed by atoms with Crippen molar-refractivity contribution in [3.05, 3.63) is 28.7 Å². The van der Waals surface area contributed by atoms with E-state index in [4.69, 9.17) is 5.73 Å². The molecule has 17 heavy (non-hydrogen) atoms. The predicted molar refractivity (Wildman–Crippen MR) is 69.3 cm³/mol. The SMILES string of the molecule is CC1=CCN(S(=O)(=O)c2ccc(CN)s2)CC1. The Hall–Kier alpha value is -0.690. The van der Waals surface area contributed by atoms with Crippen molar-refractivity contribution in [1.29, 1.82) is 0 Å². The number of nitrogens with zero attached hydrogens (tertiary/aromatic N) is 1. The van der Waals surface area contributed by atoms with Crippen molar-refractivity contribution in [2.75, 3.05) is 13.1 Å². The third kappa shape index (κ3) is 2.60. The average Bonchev–Trinajstić information content (AvgIpc) is 2.78. The third-order valence-electron chi connectivity index (χ3n) is 2.83. The van der Waals surface area contributed by atoms with E-state index in [1.165, 1.54) is 21.2 Å².